The van der Waals surface area contributed by atoms with E-state index in [2.05, 4.69) is 9.97 Å². The van der Waals surface area contributed by atoms with Gasteiger partial charge in [0.25, 0.3) is 0 Å². The van der Waals surface area contributed by atoms with Crippen molar-refractivity contribution < 1.29 is 4.74 Å². The fraction of sp³-hybridized carbons (Fsp3) is 0. The largest absolute Gasteiger partial charge is 0.423 e. The lowest BCUT2D eigenvalue weighted by Gasteiger charge is -2.07. The smallest absolute Gasteiger partial charge is 0.323 e. The van der Waals surface area contributed by atoms with E-state index in [1.165, 1.54) is 24.4 Å². The summed E-state index contributed by atoms with van der Waals surface area (Å²) >= 11 is 17.4. The van der Waals surface area contributed by atoms with Gasteiger partial charge in [-0.1, -0.05) is 34.8 Å². The van der Waals surface area contributed by atoms with Gasteiger partial charge in [-0.05, 0) is 12.1 Å². The number of nitrogens with two attached hydrogens (primary N) is 1. The van der Waals surface area contributed by atoms with Crippen molar-refractivity contribution in [3.05, 3.63) is 39.6 Å². The first-order chi connectivity index (χ1) is 8.06. The number of hydrogen-bond acceptors (Lipinski definition) is 4. The van der Waals surface area contributed by atoms with Crippen molar-refractivity contribution in [2.75, 3.05) is 5.73 Å². The van der Waals surface area contributed by atoms with Crippen LogP contribution in [-0.2, 0) is 0 Å². The monoisotopic (exact) mass is 289 g/mol. The Morgan fingerprint density at radius 1 is 1.12 bits per heavy atom. The van der Waals surface area contributed by atoms with E-state index in [4.69, 9.17) is 45.3 Å². The standard InChI is InChI=1S/C10H6Cl3N3O/c11-5-3-6(12)8(4-7(5)14)17-10-15-2-1-9(13)16-10/h1-4H,14H2. The van der Waals surface area contributed by atoms with E-state index < -0.39 is 0 Å². The third-order valence-corrected chi connectivity index (χ3v) is 2.69. The second-order valence-corrected chi connectivity index (χ2v) is 4.27. The summed E-state index contributed by atoms with van der Waals surface area (Å²) in [6.07, 6.45) is 1.47. The molecular formula is C10H6Cl3N3O. The Morgan fingerprint density at radius 3 is 2.59 bits per heavy atom. The van der Waals surface area contributed by atoms with E-state index in [1.54, 1.807) is 0 Å². The van der Waals surface area contributed by atoms with Crippen molar-refractivity contribution in [3.63, 3.8) is 0 Å². The van der Waals surface area contributed by atoms with Crippen molar-refractivity contribution in [3.8, 4) is 11.8 Å². The molecule has 0 fully saturated rings. The van der Waals surface area contributed by atoms with Crippen LogP contribution >= 0.6 is 34.8 Å². The molecule has 0 unspecified atom stereocenters. The maximum atomic E-state index is 5.94. The fourth-order valence-corrected chi connectivity index (χ4v) is 1.64. The molecule has 0 atom stereocenters. The number of ether oxygens (including phenoxy) is 1. The maximum absolute atomic E-state index is 5.94. The summed E-state index contributed by atoms with van der Waals surface area (Å²) in [7, 11) is 0. The first kappa shape index (κ1) is 12.2. The lowest BCUT2D eigenvalue weighted by molar-refractivity contribution is 0.442. The molecule has 4 nitrogen and oxygen atoms in total. The molecule has 2 aromatic rings. The minimum absolute atomic E-state index is 0.0844. The summed E-state index contributed by atoms with van der Waals surface area (Å²) in [6, 6.07) is 4.60. The summed E-state index contributed by atoms with van der Waals surface area (Å²) in [5, 5.41) is 0.940. The van der Waals surface area contributed by atoms with Gasteiger partial charge in [-0.15, -0.1) is 0 Å². The van der Waals surface area contributed by atoms with Crippen LogP contribution in [0.4, 0.5) is 5.69 Å². The quantitative estimate of drug-likeness (QED) is 0.675. The van der Waals surface area contributed by atoms with E-state index in [9.17, 15) is 0 Å². The summed E-state index contributed by atoms with van der Waals surface area (Å²) in [5.74, 6) is 0.316. The number of halogens is 3. The van der Waals surface area contributed by atoms with Gasteiger partial charge in [0.15, 0.2) is 5.75 Å². The van der Waals surface area contributed by atoms with Crippen molar-refractivity contribution >= 4 is 40.5 Å². The zero-order valence-corrected chi connectivity index (χ0v) is 10.6. The third kappa shape index (κ3) is 2.91. The highest BCUT2D eigenvalue weighted by Crippen LogP contribution is 2.34. The van der Waals surface area contributed by atoms with E-state index in [0.717, 1.165) is 0 Å². The Morgan fingerprint density at radius 2 is 1.88 bits per heavy atom. The van der Waals surface area contributed by atoms with Crippen LogP contribution in [0.15, 0.2) is 24.4 Å². The van der Waals surface area contributed by atoms with Gasteiger partial charge < -0.3 is 10.5 Å². The van der Waals surface area contributed by atoms with Crippen LogP contribution in [0.25, 0.3) is 0 Å². The first-order valence-corrected chi connectivity index (χ1v) is 5.60. The molecule has 7 heteroatoms. The summed E-state index contributed by atoms with van der Waals surface area (Å²) in [4.78, 5) is 7.74. The summed E-state index contributed by atoms with van der Waals surface area (Å²) < 4.78 is 5.35. The molecule has 2 N–H and O–H groups in total. The molecule has 0 aliphatic heterocycles. The summed E-state index contributed by atoms with van der Waals surface area (Å²) in [6.45, 7) is 0. The normalized spacial score (nSPS) is 10.3. The van der Waals surface area contributed by atoms with Gasteiger partial charge in [0.2, 0.25) is 0 Å². The van der Waals surface area contributed by atoms with Crippen molar-refractivity contribution in [1.29, 1.82) is 0 Å². The molecule has 0 spiro atoms. The van der Waals surface area contributed by atoms with E-state index in [0.29, 0.717) is 21.5 Å². The highest BCUT2D eigenvalue weighted by atomic mass is 35.5. The van der Waals surface area contributed by atoms with Crippen LogP contribution in [0.3, 0.4) is 0 Å². The molecule has 0 aliphatic carbocycles. The van der Waals surface area contributed by atoms with Crippen LogP contribution in [0.2, 0.25) is 15.2 Å². The molecule has 1 heterocycles. The van der Waals surface area contributed by atoms with E-state index >= 15 is 0 Å². The molecular weight excluding hydrogens is 284 g/mol. The van der Waals surface area contributed by atoms with Gasteiger partial charge in [-0.2, -0.15) is 4.98 Å². The lowest BCUT2D eigenvalue weighted by Crippen LogP contribution is -1.94. The Labute approximate surface area is 112 Å². The van der Waals surface area contributed by atoms with Crippen LogP contribution < -0.4 is 10.5 Å². The number of nitrogens with zero attached hydrogens (tertiary/aromatic N) is 2. The molecule has 2 rings (SSSR count). The van der Waals surface area contributed by atoms with Gasteiger partial charge >= 0.3 is 6.01 Å². The molecule has 1 aromatic carbocycles. The predicted molar refractivity (Wildman–Crippen MR) is 68.0 cm³/mol. The Bertz CT molecular complexity index is 562. The molecule has 0 radical (unpaired) electrons. The average Bonchev–Trinajstić information content (AvgIpc) is 2.26. The second-order valence-electron chi connectivity index (χ2n) is 3.07. The molecule has 88 valence electrons. The number of nitrogen functional groups attached to an aromatic ring is 1. The minimum Gasteiger partial charge on any atom is -0.423 e. The highest BCUT2D eigenvalue weighted by molar-refractivity contribution is 6.37. The molecule has 1 aromatic heterocycles. The van der Waals surface area contributed by atoms with Gasteiger partial charge in [0.1, 0.15) is 5.15 Å². The molecule has 0 saturated heterocycles. The number of aromatic nitrogens is 2. The molecule has 17 heavy (non-hydrogen) atoms. The van der Waals surface area contributed by atoms with Crippen LogP contribution in [0, 0.1) is 0 Å². The van der Waals surface area contributed by atoms with E-state index in [1.807, 2.05) is 0 Å². The SMILES string of the molecule is Nc1cc(Oc2nccc(Cl)n2)c(Cl)cc1Cl. The first-order valence-electron chi connectivity index (χ1n) is 4.47. The lowest BCUT2D eigenvalue weighted by atomic mass is 10.3. The Hall–Kier alpha value is -1.23. The van der Waals surface area contributed by atoms with Crippen molar-refractivity contribution in [1.82, 2.24) is 9.97 Å². The van der Waals surface area contributed by atoms with Crippen LogP contribution in [-0.4, -0.2) is 9.97 Å². The Kier molecular flexibility index (Phi) is 3.57. The average molecular weight is 291 g/mol. The van der Waals surface area contributed by atoms with Gasteiger partial charge in [-0.3, -0.25) is 0 Å². The zero-order chi connectivity index (χ0) is 12.4. The Balaban J connectivity index is 2.33. The van der Waals surface area contributed by atoms with Crippen molar-refractivity contribution in [2.24, 2.45) is 0 Å². The second kappa shape index (κ2) is 4.96. The predicted octanol–water partition coefficient (Wildman–Crippen LogP) is 3.81. The number of benzene rings is 1. The maximum Gasteiger partial charge on any atom is 0.323 e. The van der Waals surface area contributed by atoms with E-state index in [-0.39, 0.29) is 11.2 Å². The minimum atomic E-state index is 0.0844. The third-order valence-electron chi connectivity index (χ3n) is 1.85. The topological polar surface area (TPSA) is 61.0 Å². The zero-order valence-electron chi connectivity index (χ0n) is 8.32. The van der Waals surface area contributed by atoms with Gasteiger partial charge in [-0.25, -0.2) is 4.98 Å². The molecule has 0 aliphatic rings. The summed E-state index contributed by atoms with van der Waals surface area (Å²) in [5.41, 5.74) is 5.99. The molecule has 0 bridgehead atoms. The van der Waals surface area contributed by atoms with Crippen LogP contribution in [0.1, 0.15) is 0 Å². The highest BCUT2D eigenvalue weighted by Gasteiger charge is 2.09. The fourth-order valence-electron chi connectivity index (χ4n) is 1.09. The molecule has 0 saturated carbocycles. The number of hydrogen-bond donors (Lipinski definition) is 1. The van der Waals surface area contributed by atoms with Gasteiger partial charge in [0, 0.05) is 12.3 Å². The number of anilines is 1. The van der Waals surface area contributed by atoms with Crippen molar-refractivity contribution in [2.45, 2.75) is 0 Å². The molecule has 0 amide bonds. The van der Waals surface area contributed by atoms with Gasteiger partial charge in [0.05, 0.1) is 15.7 Å². The van der Waals surface area contributed by atoms with Crippen LogP contribution in [0.5, 0.6) is 11.8 Å². The number of rotatable bonds is 2.